The van der Waals surface area contributed by atoms with Crippen LogP contribution < -0.4 is 0 Å². The van der Waals surface area contributed by atoms with Crippen molar-refractivity contribution in [2.75, 3.05) is 0 Å². The van der Waals surface area contributed by atoms with E-state index < -0.39 is 5.97 Å². The zero-order valence-electron chi connectivity index (χ0n) is 10.1. The van der Waals surface area contributed by atoms with Gasteiger partial charge in [-0.25, -0.2) is 4.79 Å². The first-order valence-electron chi connectivity index (χ1n) is 6.15. The molecular formula is C14H18O2S. The van der Waals surface area contributed by atoms with Crippen LogP contribution in [0.3, 0.4) is 0 Å². The van der Waals surface area contributed by atoms with Gasteiger partial charge in [0.25, 0.3) is 0 Å². The SMILES string of the molecule is CC1CCC(Sc2ccc(C(=O)O)cc2)CC1. The molecule has 0 aromatic heterocycles. The van der Waals surface area contributed by atoms with E-state index in [0.717, 1.165) is 5.92 Å². The molecule has 0 atom stereocenters. The van der Waals surface area contributed by atoms with Gasteiger partial charge in [0.15, 0.2) is 0 Å². The highest BCUT2D eigenvalue weighted by Crippen LogP contribution is 2.35. The number of hydrogen-bond donors (Lipinski definition) is 1. The summed E-state index contributed by atoms with van der Waals surface area (Å²) in [6.07, 6.45) is 5.22. The molecule has 3 heteroatoms. The quantitative estimate of drug-likeness (QED) is 0.879. The molecule has 0 aliphatic heterocycles. The number of thioether (sulfide) groups is 1. The molecule has 1 fully saturated rings. The summed E-state index contributed by atoms with van der Waals surface area (Å²) in [6, 6.07) is 7.23. The summed E-state index contributed by atoms with van der Waals surface area (Å²) in [5.74, 6) is 0.0225. The number of aromatic carboxylic acids is 1. The van der Waals surface area contributed by atoms with E-state index in [9.17, 15) is 4.79 Å². The van der Waals surface area contributed by atoms with Gasteiger partial charge in [0.05, 0.1) is 5.56 Å². The van der Waals surface area contributed by atoms with E-state index in [-0.39, 0.29) is 0 Å². The molecular weight excluding hydrogens is 232 g/mol. The topological polar surface area (TPSA) is 37.3 Å². The lowest BCUT2D eigenvalue weighted by Gasteiger charge is -2.25. The first-order valence-corrected chi connectivity index (χ1v) is 7.03. The van der Waals surface area contributed by atoms with Crippen molar-refractivity contribution < 1.29 is 9.90 Å². The smallest absolute Gasteiger partial charge is 0.335 e. The van der Waals surface area contributed by atoms with Crippen molar-refractivity contribution >= 4 is 17.7 Å². The Morgan fingerprint density at radius 1 is 1.18 bits per heavy atom. The molecule has 0 amide bonds. The Balaban J connectivity index is 1.92. The van der Waals surface area contributed by atoms with E-state index in [2.05, 4.69) is 6.92 Å². The van der Waals surface area contributed by atoms with Gasteiger partial charge in [0.2, 0.25) is 0 Å². The highest BCUT2D eigenvalue weighted by Gasteiger charge is 2.18. The first kappa shape index (κ1) is 12.5. The van der Waals surface area contributed by atoms with Crippen LogP contribution in [0.1, 0.15) is 43.0 Å². The second kappa shape index (κ2) is 5.58. The van der Waals surface area contributed by atoms with Crippen molar-refractivity contribution in [3.8, 4) is 0 Å². The third-order valence-corrected chi connectivity index (χ3v) is 4.72. The van der Waals surface area contributed by atoms with Crippen molar-refractivity contribution in [3.63, 3.8) is 0 Å². The zero-order chi connectivity index (χ0) is 12.3. The number of hydrogen-bond acceptors (Lipinski definition) is 2. The molecule has 1 aromatic carbocycles. The standard InChI is InChI=1S/C14H18O2S/c1-10-2-6-12(7-3-10)17-13-8-4-11(5-9-13)14(15)16/h4-5,8-10,12H,2-3,6-7H2,1H3,(H,15,16). The molecule has 1 N–H and O–H groups in total. The van der Waals surface area contributed by atoms with Crippen LogP contribution in [0.4, 0.5) is 0 Å². The minimum atomic E-state index is -0.854. The summed E-state index contributed by atoms with van der Waals surface area (Å²) in [5, 5.41) is 9.53. The van der Waals surface area contributed by atoms with Crippen LogP contribution in [0.25, 0.3) is 0 Å². The second-order valence-electron chi connectivity index (χ2n) is 4.83. The monoisotopic (exact) mass is 250 g/mol. The largest absolute Gasteiger partial charge is 0.478 e. The summed E-state index contributed by atoms with van der Waals surface area (Å²) in [7, 11) is 0. The lowest BCUT2D eigenvalue weighted by molar-refractivity contribution is 0.0697. The molecule has 2 rings (SSSR count). The summed E-state index contributed by atoms with van der Waals surface area (Å²) in [4.78, 5) is 11.9. The normalized spacial score (nSPS) is 24.5. The van der Waals surface area contributed by atoms with Gasteiger partial charge in [-0.05, 0) is 55.9 Å². The molecule has 0 spiro atoms. The van der Waals surface area contributed by atoms with Crippen LogP contribution in [0, 0.1) is 5.92 Å². The second-order valence-corrected chi connectivity index (χ2v) is 6.20. The number of benzene rings is 1. The van der Waals surface area contributed by atoms with E-state index in [4.69, 9.17) is 5.11 Å². The fraction of sp³-hybridized carbons (Fsp3) is 0.500. The van der Waals surface area contributed by atoms with E-state index in [0.29, 0.717) is 10.8 Å². The fourth-order valence-electron chi connectivity index (χ4n) is 2.22. The molecule has 1 saturated carbocycles. The van der Waals surface area contributed by atoms with E-state index in [1.807, 2.05) is 23.9 Å². The third-order valence-electron chi connectivity index (χ3n) is 3.37. The van der Waals surface area contributed by atoms with E-state index in [1.165, 1.54) is 30.6 Å². The maximum atomic E-state index is 10.7. The molecule has 1 aliphatic carbocycles. The molecule has 0 unspecified atom stereocenters. The lowest BCUT2D eigenvalue weighted by Crippen LogP contribution is -2.13. The first-order chi connectivity index (χ1) is 8.15. The molecule has 17 heavy (non-hydrogen) atoms. The van der Waals surface area contributed by atoms with E-state index in [1.54, 1.807) is 12.1 Å². The predicted molar refractivity (Wildman–Crippen MR) is 70.7 cm³/mol. The maximum Gasteiger partial charge on any atom is 0.335 e. The molecule has 1 aliphatic rings. The van der Waals surface area contributed by atoms with Gasteiger partial charge in [0, 0.05) is 10.1 Å². The van der Waals surface area contributed by atoms with Crippen LogP contribution in [0.5, 0.6) is 0 Å². The minimum Gasteiger partial charge on any atom is -0.478 e. The van der Waals surface area contributed by atoms with Crippen LogP contribution in [0.2, 0.25) is 0 Å². The van der Waals surface area contributed by atoms with Crippen molar-refractivity contribution in [1.82, 2.24) is 0 Å². The van der Waals surface area contributed by atoms with Crippen LogP contribution >= 0.6 is 11.8 Å². The average molecular weight is 250 g/mol. The lowest BCUT2D eigenvalue weighted by atomic mass is 9.91. The van der Waals surface area contributed by atoms with Gasteiger partial charge in [-0.15, -0.1) is 11.8 Å². The van der Waals surface area contributed by atoms with Crippen LogP contribution in [-0.2, 0) is 0 Å². The van der Waals surface area contributed by atoms with Gasteiger partial charge in [-0.2, -0.15) is 0 Å². The molecule has 0 saturated heterocycles. The van der Waals surface area contributed by atoms with Crippen LogP contribution in [0.15, 0.2) is 29.2 Å². The van der Waals surface area contributed by atoms with Gasteiger partial charge < -0.3 is 5.11 Å². The van der Waals surface area contributed by atoms with Crippen LogP contribution in [-0.4, -0.2) is 16.3 Å². The molecule has 1 aromatic rings. The van der Waals surface area contributed by atoms with Crippen molar-refractivity contribution in [2.24, 2.45) is 5.92 Å². The number of rotatable bonds is 3. The van der Waals surface area contributed by atoms with Gasteiger partial charge in [-0.3, -0.25) is 0 Å². The Hall–Kier alpha value is -0.960. The third kappa shape index (κ3) is 3.50. The van der Waals surface area contributed by atoms with Gasteiger partial charge in [-0.1, -0.05) is 6.92 Å². The summed E-state index contributed by atoms with van der Waals surface area (Å²) in [6.45, 7) is 2.32. The van der Waals surface area contributed by atoms with Gasteiger partial charge in [0.1, 0.15) is 0 Å². The summed E-state index contributed by atoms with van der Waals surface area (Å²) < 4.78 is 0. The number of carbonyl (C=O) groups is 1. The minimum absolute atomic E-state index is 0.367. The average Bonchev–Trinajstić information content (AvgIpc) is 2.33. The highest BCUT2D eigenvalue weighted by molar-refractivity contribution is 8.00. The molecule has 0 heterocycles. The highest BCUT2D eigenvalue weighted by atomic mass is 32.2. The summed E-state index contributed by atoms with van der Waals surface area (Å²) >= 11 is 1.89. The number of carboxylic acids is 1. The fourth-order valence-corrected chi connectivity index (χ4v) is 3.40. The predicted octanol–water partition coefficient (Wildman–Crippen LogP) is 4.06. The Morgan fingerprint density at radius 3 is 2.29 bits per heavy atom. The zero-order valence-corrected chi connectivity index (χ0v) is 10.9. The molecule has 2 nitrogen and oxygen atoms in total. The van der Waals surface area contributed by atoms with E-state index >= 15 is 0 Å². The Morgan fingerprint density at radius 2 is 1.76 bits per heavy atom. The maximum absolute atomic E-state index is 10.7. The molecule has 92 valence electrons. The molecule has 0 radical (unpaired) electrons. The van der Waals surface area contributed by atoms with Crippen molar-refractivity contribution in [2.45, 2.75) is 42.8 Å². The Labute approximate surface area is 106 Å². The Bertz CT molecular complexity index is 378. The van der Waals surface area contributed by atoms with Crippen molar-refractivity contribution in [1.29, 1.82) is 0 Å². The number of carboxylic acid groups (broad SMARTS) is 1. The summed E-state index contributed by atoms with van der Waals surface area (Å²) in [5.41, 5.74) is 0.367. The van der Waals surface area contributed by atoms with Crippen molar-refractivity contribution in [3.05, 3.63) is 29.8 Å². The van der Waals surface area contributed by atoms with Gasteiger partial charge >= 0.3 is 5.97 Å². The molecule has 0 bridgehead atoms. The Kier molecular flexibility index (Phi) is 4.11.